The molecular weight excluding hydrogens is 259 g/mol. The topological polar surface area (TPSA) is 15.3 Å². The molecule has 0 aliphatic rings. The molecule has 0 unspecified atom stereocenters. The lowest BCUT2D eigenvalue weighted by atomic mass is 10.3. The number of para-hydroxylation sites is 2. The van der Waals surface area contributed by atoms with Gasteiger partial charge in [-0.05, 0) is 43.4 Å². The van der Waals surface area contributed by atoms with E-state index in [-0.39, 0.29) is 5.82 Å². The Morgan fingerprint density at radius 3 is 2.37 bits per heavy atom. The molecule has 1 N–H and O–H groups in total. The minimum Gasteiger partial charge on any atom is -0.330 e. The van der Waals surface area contributed by atoms with Crippen LogP contribution < -0.4 is 10.2 Å². The van der Waals surface area contributed by atoms with E-state index in [2.05, 4.69) is 5.32 Å². The summed E-state index contributed by atoms with van der Waals surface area (Å²) in [4.78, 5) is 1.92. The Labute approximate surface area is 117 Å². The molecule has 0 saturated carbocycles. The third-order valence-electron chi connectivity index (χ3n) is 2.74. The summed E-state index contributed by atoms with van der Waals surface area (Å²) in [5.41, 5.74) is 1.38. The summed E-state index contributed by atoms with van der Waals surface area (Å²) in [6.07, 6.45) is 0. The molecule has 0 bridgehead atoms. The number of benzene rings is 2. The van der Waals surface area contributed by atoms with E-state index >= 15 is 0 Å². The molecule has 0 saturated heterocycles. The Hall–Kier alpha value is -1.94. The lowest BCUT2D eigenvalue weighted by Crippen LogP contribution is -2.34. The summed E-state index contributed by atoms with van der Waals surface area (Å²) in [6.45, 7) is 2.71. The average molecular weight is 274 g/mol. The number of thiocarbonyl (C=S) groups is 1. The van der Waals surface area contributed by atoms with Crippen molar-refractivity contribution in [2.24, 2.45) is 0 Å². The van der Waals surface area contributed by atoms with E-state index in [1.165, 1.54) is 6.07 Å². The van der Waals surface area contributed by atoms with Gasteiger partial charge in [0.05, 0.1) is 5.69 Å². The van der Waals surface area contributed by atoms with Gasteiger partial charge in [-0.15, -0.1) is 0 Å². The van der Waals surface area contributed by atoms with E-state index in [1.807, 2.05) is 42.2 Å². The molecule has 0 aromatic heterocycles. The maximum absolute atomic E-state index is 13.6. The minimum absolute atomic E-state index is 0.311. The van der Waals surface area contributed by atoms with Gasteiger partial charge in [0.2, 0.25) is 0 Å². The SMILES string of the molecule is CCN(C(=S)Nc1ccccc1F)c1ccccc1. The molecule has 0 amide bonds. The number of nitrogens with one attached hydrogen (secondary N) is 1. The molecule has 2 rings (SSSR count). The van der Waals surface area contributed by atoms with Crippen LogP contribution in [0.3, 0.4) is 0 Å². The second kappa shape index (κ2) is 6.29. The molecule has 0 heterocycles. The standard InChI is InChI=1S/C15H15FN2S/c1-2-18(12-8-4-3-5-9-12)15(19)17-14-11-7-6-10-13(14)16/h3-11H,2H2,1H3,(H,17,19). The van der Waals surface area contributed by atoms with Crippen LogP contribution in [0.1, 0.15) is 6.92 Å². The van der Waals surface area contributed by atoms with Crippen molar-refractivity contribution in [1.29, 1.82) is 0 Å². The normalized spacial score (nSPS) is 10.0. The van der Waals surface area contributed by atoms with E-state index < -0.39 is 0 Å². The van der Waals surface area contributed by atoms with Crippen molar-refractivity contribution < 1.29 is 4.39 Å². The lowest BCUT2D eigenvalue weighted by Gasteiger charge is -2.24. The quantitative estimate of drug-likeness (QED) is 0.850. The van der Waals surface area contributed by atoms with Crippen LogP contribution >= 0.6 is 12.2 Å². The third-order valence-corrected chi connectivity index (χ3v) is 3.07. The van der Waals surface area contributed by atoms with Crippen LogP contribution in [0.25, 0.3) is 0 Å². The van der Waals surface area contributed by atoms with Crippen molar-refractivity contribution >= 4 is 28.7 Å². The van der Waals surface area contributed by atoms with Crippen LogP contribution in [0.5, 0.6) is 0 Å². The first-order chi connectivity index (χ1) is 9.22. The second-order valence-corrected chi connectivity index (χ2v) is 4.38. The molecule has 0 aliphatic carbocycles. The van der Waals surface area contributed by atoms with Crippen LogP contribution in [-0.2, 0) is 0 Å². The maximum Gasteiger partial charge on any atom is 0.178 e. The third kappa shape index (κ3) is 3.29. The first-order valence-corrected chi connectivity index (χ1v) is 6.51. The summed E-state index contributed by atoms with van der Waals surface area (Å²) in [7, 11) is 0. The van der Waals surface area contributed by atoms with Gasteiger partial charge in [0, 0.05) is 12.2 Å². The first kappa shape index (κ1) is 13.5. The van der Waals surface area contributed by atoms with Gasteiger partial charge < -0.3 is 10.2 Å². The first-order valence-electron chi connectivity index (χ1n) is 6.10. The van der Waals surface area contributed by atoms with Gasteiger partial charge in [-0.1, -0.05) is 30.3 Å². The highest BCUT2D eigenvalue weighted by molar-refractivity contribution is 7.80. The Bertz CT molecular complexity index is 557. The fourth-order valence-electron chi connectivity index (χ4n) is 1.80. The highest BCUT2D eigenvalue weighted by Crippen LogP contribution is 2.17. The second-order valence-electron chi connectivity index (χ2n) is 3.99. The van der Waals surface area contributed by atoms with Gasteiger partial charge >= 0.3 is 0 Å². The number of nitrogens with zero attached hydrogens (tertiary/aromatic N) is 1. The molecule has 2 aromatic carbocycles. The molecule has 0 atom stereocenters. The van der Waals surface area contributed by atoms with Crippen LogP contribution in [0.15, 0.2) is 54.6 Å². The van der Waals surface area contributed by atoms with Crippen molar-refractivity contribution in [2.75, 3.05) is 16.8 Å². The molecule has 2 aromatic rings. The van der Waals surface area contributed by atoms with Crippen molar-refractivity contribution in [2.45, 2.75) is 6.92 Å². The zero-order valence-electron chi connectivity index (χ0n) is 10.6. The summed E-state index contributed by atoms with van der Waals surface area (Å²) >= 11 is 5.35. The molecule has 0 fully saturated rings. The molecule has 2 nitrogen and oxygen atoms in total. The predicted octanol–water partition coefficient (Wildman–Crippen LogP) is 4.05. The van der Waals surface area contributed by atoms with Crippen molar-refractivity contribution in [1.82, 2.24) is 0 Å². The van der Waals surface area contributed by atoms with E-state index in [0.29, 0.717) is 17.3 Å². The Kier molecular flexibility index (Phi) is 4.47. The van der Waals surface area contributed by atoms with Crippen molar-refractivity contribution in [3.63, 3.8) is 0 Å². The largest absolute Gasteiger partial charge is 0.330 e. The van der Waals surface area contributed by atoms with E-state index in [4.69, 9.17) is 12.2 Å². The monoisotopic (exact) mass is 274 g/mol. The highest BCUT2D eigenvalue weighted by atomic mass is 32.1. The zero-order chi connectivity index (χ0) is 13.7. The number of halogens is 1. The average Bonchev–Trinajstić information content (AvgIpc) is 2.43. The maximum atomic E-state index is 13.6. The Morgan fingerprint density at radius 1 is 1.11 bits per heavy atom. The summed E-state index contributed by atoms with van der Waals surface area (Å²) in [5, 5.41) is 3.43. The fourth-order valence-corrected chi connectivity index (χ4v) is 2.14. The number of rotatable bonds is 3. The van der Waals surface area contributed by atoms with Crippen molar-refractivity contribution in [3.05, 3.63) is 60.4 Å². The minimum atomic E-state index is -0.311. The zero-order valence-corrected chi connectivity index (χ0v) is 11.5. The number of hydrogen-bond acceptors (Lipinski definition) is 1. The van der Waals surface area contributed by atoms with Gasteiger partial charge in [0.1, 0.15) is 5.82 Å². The lowest BCUT2D eigenvalue weighted by molar-refractivity contribution is 0.632. The van der Waals surface area contributed by atoms with Crippen LogP contribution in [0.2, 0.25) is 0 Å². The number of anilines is 2. The van der Waals surface area contributed by atoms with Crippen LogP contribution in [0, 0.1) is 5.82 Å². The van der Waals surface area contributed by atoms with Gasteiger partial charge in [0.25, 0.3) is 0 Å². The molecule has 0 spiro atoms. The van der Waals surface area contributed by atoms with Crippen molar-refractivity contribution in [3.8, 4) is 0 Å². The van der Waals surface area contributed by atoms with E-state index in [9.17, 15) is 4.39 Å². The Balaban J connectivity index is 2.17. The van der Waals surface area contributed by atoms with Gasteiger partial charge in [-0.3, -0.25) is 0 Å². The summed E-state index contributed by atoms with van der Waals surface area (Å²) in [6, 6.07) is 16.3. The molecular formula is C15H15FN2S. The smallest absolute Gasteiger partial charge is 0.178 e. The summed E-state index contributed by atoms with van der Waals surface area (Å²) in [5.74, 6) is -0.311. The highest BCUT2D eigenvalue weighted by Gasteiger charge is 2.11. The van der Waals surface area contributed by atoms with E-state index in [1.54, 1.807) is 18.2 Å². The van der Waals surface area contributed by atoms with E-state index in [0.717, 1.165) is 5.69 Å². The van der Waals surface area contributed by atoms with Crippen LogP contribution in [-0.4, -0.2) is 11.7 Å². The van der Waals surface area contributed by atoms with Gasteiger partial charge in [-0.25, -0.2) is 4.39 Å². The number of hydrogen-bond donors (Lipinski definition) is 1. The Morgan fingerprint density at radius 2 is 1.74 bits per heavy atom. The molecule has 4 heteroatoms. The summed E-state index contributed by atoms with van der Waals surface area (Å²) < 4.78 is 13.6. The molecule has 98 valence electrons. The van der Waals surface area contributed by atoms with Crippen LogP contribution in [0.4, 0.5) is 15.8 Å². The molecule has 0 aliphatic heterocycles. The fraction of sp³-hybridized carbons (Fsp3) is 0.133. The van der Waals surface area contributed by atoms with Gasteiger partial charge in [-0.2, -0.15) is 0 Å². The predicted molar refractivity (Wildman–Crippen MR) is 82.1 cm³/mol. The van der Waals surface area contributed by atoms with Gasteiger partial charge in [0.15, 0.2) is 5.11 Å². The molecule has 19 heavy (non-hydrogen) atoms. The molecule has 0 radical (unpaired) electrons.